The van der Waals surface area contributed by atoms with Crippen molar-refractivity contribution in [3.63, 3.8) is 0 Å². The fourth-order valence-corrected chi connectivity index (χ4v) is 2.37. The van der Waals surface area contributed by atoms with Gasteiger partial charge in [0.25, 0.3) is 0 Å². The number of nitrogens with zero attached hydrogens (tertiary/aromatic N) is 2. The lowest BCUT2D eigenvalue weighted by Gasteiger charge is -2.33. The number of amidine groups is 1. The molecule has 0 aromatic carbocycles. The third kappa shape index (κ3) is 3.36. The van der Waals surface area contributed by atoms with E-state index in [4.69, 9.17) is 15.9 Å². The van der Waals surface area contributed by atoms with Gasteiger partial charge < -0.3 is 15.4 Å². The van der Waals surface area contributed by atoms with Gasteiger partial charge in [-0.1, -0.05) is 0 Å². The highest BCUT2D eigenvalue weighted by molar-refractivity contribution is 5.79. The lowest BCUT2D eigenvalue weighted by atomic mass is 9.96. The molecule has 2 heterocycles. The van der Waals surface area contributed by atoms with Gasteiger partial charge in [-0.15, -0.1) is 0 Å². The van der Waals surface area contributed by atoms with Gasteiger partial charge in [0, 0.05) is 25.2 Å². The number of anilines is 1. The number of hydrogen-bond donors (Lipinski definition) is 2. The second-order valence-corrected chi connectivity index (χ2v) is 5.21. The van der Waals surface area contributed by atoms with E-state index < -0.39 is 0 Å². The maximum Gasteiger partial charge on any atom is 0.171 e. The fraction of sp³-hybridized carbons (Fsp3) is 0.571. The molecule has 0 aliphatic carbocycles. The first kappa shape index (κ1) is 13.6. The van der Waals surface area contributed by atoms with Crippen molar-refractivity contribution >= 4 is 11.7 Å². The minimum absolute atomic E-state index is 0.137. The van der Waals surface area contributed by atoms with Crippen molar-refractivity contribution in [1.29, 1.82) is 5.41 Å². The zero-order valence-corrected chi connectivity index (χ0v) is 11.6. The average Bonchev–Trinajstić information content (AvgIpc) is 2.39. The molecule has 1 fully saturated rings. The van der Waals surface area contributed by atoms with E-state index in [1.165, 1.54) is 0 Å². The molecule has 0 atom stereocenters. The monoisotopic (exact) mass is 262 g/mol. The summed E-state index contributed by atoms with van der Waals surface area (Å²) in [7, 11) is 0. The Hall–Kier alpha value is -1.78. The van der Waals surface area contributed by atoms with Gasteiger partial charge in [-0.25, -0.2) is 4.98 Å². The maximum absolute atomic E-state index is 7.51. The summed E-state index contributed by atoms with van der Waals surface area (Å²) in [6.45, 7) is 5.77. The van der Waals surface area contributed by atoms with Gasteiger partial charge >= 0.3 is 0 Å². The summed E-state index contributed by atoms with van der Waals surface area (Å²) < 4.78 is 5.80. The van der Waals surface area contributed by atoms with E-state index in [1.54, 1.807) is 6.20 Å². The molecule has 1 aromatic rings. The summed E-state index contributed by atoms with van der Waals surface area (Å²) in [5.41, 5.74) is 5.57. The molecular weight excluding hydrogens is 240 g/mol. The van der Waals surface area contributed by atoms with Gasteiger partial charge in [-0.05, 0) is 38.8 Å². The zero-order valence-electron chi connectivity index (χ0n) is 11.6. The Labute approximate surface area is 114 Å². The molecule has 1 saturated heterocycles. The number of piperidine rings is 1. The average molecular weight is 262 g/mol. The fourth-order valence-electron chi connectivity index (χ4n) is 2.37. The molecule has 104 valence electrons. The van der Waals surface area contributed by atoms with Crippen LogP contribution in [0, 0.1) is 11.3 Å². The van der Waals surface area contributed by atoms with Crippen LogP contribution in [0.4, 0.5) is 5.82 Å². The second-order valence-electron chi connectivity index (χ2n) is 5.21. The summed E-state index contributed by atoms with van der Waals surface area (Å²) in [4.78, 5) is 6.66. The molecule has 1 aromatic heterocycles. The lowest BCUT2D eigenvalue weighted by molar-refractivity contribution is 0.241. The van der Waals surface area contributed by atoms with E-state index in [-0.39, 0.29) is 12.0 Å². The number of aromatic nitrogens is 1. The Balaban J connectivity index is 2.08. The van der Waals surface area contributed by atoms with E-state index in [9.17, 15) is 0 Å². The molecule has 0 saturated carbocycles. The van der Waals surface area contributed by atoms with Crippen LogP contribution < -0.4 is 15.4 Å². The van der Waals surface area contributed by atoms with Crippen LogP contribution in [0.3, 0.4) is 0 Å². The van der Waals surface area contributed by atoms with Gasteiger partial charge in [0.1, 0.15) is 0 Å². The minimum atomic E-state index is 0.137. The summed E-state index contributed by atoms with van der Waals surface area (Å²) in [5.74, 6) is 2.26. The first-order valence-corrected chi connectivity index (χ1v) is 6.78. The molecule has 1 aliphatic heterocycles. The summed E-state index contributed by atoms with van der Waals surface area (Å²) in [6.07, 6.45) is 3.75. The third-order valence-electron chi connectivity index (χ3n) is 3.35. The van der Waals surface area contributed by atoms with E-state index in [0.717, 1.165) is 37.5 Å². The van der Waals surface area contributed by atoms with Crippen molar-refractivity contribution in [2.45, 2.75) is 32.8 Å². The smallest absolute Gasteiger partial charge is 0.171 e. The van der Waals surface area contributed by atoms with Gasteiger partial charge in [0.2, 0.25) is 0 Å². The van der Waals surface area contributed by atoms with E-state index >= 15 is 0 Å². The second kappa shape index (κ2) is 5.91. The van der Waals surface area contributed by atoms with Crippen molar-refractivity contribution in [2.24, 2.45) is 11.7 Å². The largest absolute Gasteiger partial charge is 0.487 e. The van der Waals surface area contributed by atoms with Crippen LogP contribution in [0.15, 0.2) is 18.3 Å². The molecule has 2 rings (SSSR count). The van der Waals surface area contributed by atoms with Gasteiger partial charge in [-0.2, -0.15) is 0 Å². The molecule has 0 radical (unpaired) electrons. The zero-order chi connectivity index (χ0) is 13.8. The van der Waals surface area contributed by atoms with E-state index in [1.807, 2.05) is 26.0 Å². The Bertz CT molecular complexity index is 439. The molecule has 3 N–H and O–H groups in total. The van der Waals surface area contributed by atoms with Crippen molar-refractivity contribution in [2.75, 3.05) is 18.0 Å². The Morgan fingerprint density at radius 3 is 2.74 bits per heavy atom. The Morgan fingerprint density at radius 2 is 2.16 bits per heavy atom. The van der Waals surface area contributed by atoms with Crippen LogP contribution >= 0.6 is 0 Å². The SMILES string of the molecule is CC(C)Oc1cccnc1N1CCC(C(=N)N)CC1. The lowest BCUT2D eigenvalue weighted by Crippen LogP contribution is -2.38. The number of rotatable bonds is 4. The Kier molecular flexibility index (Phi) is 4.24. The van der Waals surface area contributed by atoms with Crippen LogP contribution in [0.25, 0.3) is 0 Å². The molecular formula is C14H22N4O. The van der Waals surface area contributed by atoms with Crippen molar-refractivity contribution in [1.82, 2.24) is 4.98 Å². The summed E-state index contributed by atoms with van der Waals surface area (Å²) in [5, 5.41) is 7.51. The maximum atomic E-state index is 7.51. The Morgan fingerprint density at radius 1 is 1.47 bits per heavy atom. The molecule has 5 nitrogen and oxygen atoms in total. The highest BCUT2D eigenvalue weighted by atomic mass is 16.5. The number of hydrogen-bond acceptors (Lipinski definition) is 4. The normalized spacial score (nSPS) is 16.7. The van der Waals surface area contributed by atoms with Crippen LogP contribution in [-0.4, -0.2) is 30.0 Å². The number of nitrogens with two attached hydrogens (primary N) is 1. The van der Waals surface area contributed by atoms with Crippen LogP contribution in [0.1, 0.15) is 26.7 Å². The molecule has 1 aliphatic rings. The molecule has 5 heteroatoms. The van der Waals surface area contributed by atoms with Gasteiger partial charge in [0.05, 0.1) is 11.9 Å². The quantitative estimate of drug-likeness (QED) is 0.643. The third-order valence-corrected chi connectivity index (χ3v) is 3.35. The number of ether oxygens (including phenoxy) is 1. The first-order chi connectivity index (χ1) is 9.08. The predicted molar refractivity (Wildman–Crippen MR) is 76.9 cm³/mol. The highest BCUT2D eigenvalue weighted by Gasteiger charge is 2.24. The standard InChI is InChI=1S/C14H22N4O/c1-10(2)19-12-4-3-7-17-14(12)18-8-5-11(6-9-18)13(15)16/h3-4,7,10-11H,5-6,8-9H2,1-2H3,(H3,15,16). The van der Waals surface area contributed by atoms with E-state index in [0.29, 0.717) is 5.84 Å². The van der Waals surface area contributed by atoms with Gasteiger partial charge in [-0.3, -0.25) is 5.41 Å². The van der Waals surface area contributed by atoms with E-state index in [2.05, 4.69) is 9.88 Å². The predicted octanol–water partition coefficient (Wildman–Crippen LogP) is 2.02. The van der Waals surface area contributed by atoms with Crippen LogP contribution in [0.2, 0.25) is 0 Å². The minimum Gasteiger partial charge on any atom is -0.487 e. The molecule has 0 unspecified atom stereocenters. The molecule has 19 heavy (non-hydrogen) atoms. The van der Waals surface area contributed by atoms with Gasteiger partial charge in [0.15, 0.2) is 11.6 Å². The molecule has 0 spiro atoms. The van der Waals surface area contributed by atoms with Crippen LogP contribution in [0.5, 0.6) is 5.75 Å². The highest BCUT2D eigenvalue weighted by Crippen LogP contribution is 2.29. The number of pyridine rings is 1. The molecule has 0 bridgehead atoms. The van der Waals surface area contributed by atoms with Crippen molar-refractivity contribution in [3.8, 4) is 5.75 Å². The van der Waals surface area contributed by atoms with Crippen molar-refractivity contribution in [3.05, 3.63) is 18.3 Å². The van der Waals surface area contributed by atoms with Crippen molar-refractivity contribution < 1.29 is 4.74 Å². The molecule has 0 amide bonds. The number of nitrogens with one attached hydrogen (secondary N) is 1. The topological polar surface area (TPSA) is 75.2 Å². The van der Waals surface area contributed by atoms with Crippen LogP contribution in [-0.2, 0) is 0 Å². The summed E-state index contributed by atoms with van der Waals surface area (Å²) in [6, 6.07) is 3.85. The first-order valence-electron chi connectivity index (χ1n) is 6.78. The summed E-state index contributed by atoms with van der Waals surface area (Å²) >= 11 is 0.